The molecule has 1 aromatic carbocycles. The maximum atomic E-state index is 15.5. The normalized spacial score (nSPS) is 25.9. The molecule has 1 aliphatic rings. The molecule has 6 atom stereocenters. The molecule has 1 fully saturated rings. The minimum Gasteiger partial charge on any atom is -0.464 e. The lowest BCUT2D eigenvalue weighted by molar-refractivity contribution is -0.148. The molecule has 3 rings (SSSR count). The second-order valence-electron chi connectivity index (χ2n) is 10.4. The number of aliphatic hydroxyl groups is 1. The molecule has 2 unspecified atom stereocenters. The van der Waals surface area contributed by atoms with Gasteiger partial charge >= 0.3 is 18.3 Å². The third kappa shape index (κ3) is 7.58. The van der Waals surface area contributed by atoms with Crippen molar-refractivity contribution in [1.29, 1.82) is 0 Å². The molecule has 3 N–H and O–H groups in total. The molecule has 38 heavy (non-hydrogen) atoms. The number of alkyl halides is 1. The largest absolute Gasteiger partial charge is 0.464 e. The molecule has 11 nitrogen and oxygen atoms in total. The van der Waals surface area contributed by atoms with E-state index in [-0.39, 0.29) is 12.0 Å². The van der Waals surface area contributed by atoms with Crippen LogP contribution in [0.25, 0.3) is 0 Å². The molecule has 0 radical (unpaired) electrons. The standard InChI is InChI=1S/C24H33FN3O8PS/c1-15(20(31)33-14-23(2,3)4)27-37(38,36-16-9-7-6-8-10-16)34-13-17-19(30)24(5,25)21(35-17)28-12-11-18(29)26-22(28)32/h6-12,15,17,19,21,30H,13-14H2,1-5H3,(H,27,38)(H,26,29,32)/t15?,17-,19-,21-,24-,37?/m1/s1. The van der Waals surface area contributed by atoms with Gasteiger partial charge in [0.1, 0.15) is 24.0 Å². The van der Waals surface area contributed by atoms with Gasteiger partial charge in [-0.1, -0.05) is 39.0 Å². The van der Waals surface area contributed by atoms with Gasteiger partial charge in [0.2, 0.25) is 0 Å². The van der Waals surface area contributed by atoms with Crippen molar-refractivity contribution in [2.24, 2.45) is 5.41 Å². The Kier molecular flexibility index (Phi) is 9.33. The number of benzene rings is 1. The van der Waals surface area contributed by atoms with Gasteiger partial charge in [0.15, 0.2) is 11.9 Å². The summed E-state index contributed by atoms with van der Waals surface area (Å²) in [4.78, 5) is 38.2. The Bertz CT molecular complexity index is 1280. The van der Waals surface area contributed by atoms with Crippen LogP contribution in [-0.2, 0) is 30.6 Å². The van der Waals surface area contributed by atoms with Gasteiger partial charge in [0, 0.05) is 12.3 Å². The molecule has 210 valence electrons. The second-order valence-corrected chi connectivity index (χ2v) is 13.5. The monoisotopic (exact) mass is 573 g/mol. The fourth-order valence-corrected chi connectivity index (χ4v) is 5.96. The number of aromatic nitrogens is 2. The SMILES string of the molecule is CC(NP(=S)(OC[C@H]1O[C@@H](n2ccc(=O)[nH]c2=O)[C@](C)(F)[C@@H]1O)Oc1ccccc1)C(=O)OCC(C)(C)C. The Morgan fingerprint density at radius 2 is 1.97 bits per heavy atom. The highest BCUT2D eigenvalue weighted by molar-refractivity contribution is 8.09. The average Bonchev–Trinajstić information content (AvgIpc) is 3.04. The summed E-state index contributed by atoms with van der Waals surface area (Å²) in [7, 11) is 0. The maximum absolute atomic E-state index is 15.5. The second kappa shape index (κ2) is 11.8. The van der Waals surface area contributed by atoms with Gasteiger partial charge in [-0.3, -0.25) is 19.1 Å². The van der Waals surface area contributed by atoms with Crippen molar-refractivity contribution in [2.75, 3.05) is 13.2 Å². The number of ether oxygens (including phenoxy) is 2. The van der Waals surface area contributed by atoms with Crippen LogP contribution in [0.2, 0.25) is 0 Å². The zero-order valence-electron chi connectivity index (χ0n) is 21.8. The molecular formula is C24H33FN3O8PS. The predicted octanol–water partition coefficient (Wildman–Crippen LogP) is 2.41. The molecule has 0 spiro atoms. The van der Waals surface area contributed by atoms with Crippen LogP contribution >= 0.6 is 6.64 Å². The van der Waals surface area contributed by atoms with E-state index in [4.69, 9.17) is 30.3 Å². The summed E-state index contributed by atoms with van der Waals surface area (Å²) in [5, 5.41) is 13.5. The number of nitrogens with one attached hydrogen (secondary N) is 2. The van der Waals surface area contributed by atoms with E-state index in [1.807, 2.05) is 25.8 Å². The van der Waals surface area contributed by atoms with Gasteiger partial charge in [-0.15, -0.1) is 0 Å². The lowest BCUT2D eigenvalue weighted by Crippen LogP contribution is -2.43. The lowest BCUT2D eigenvalue weighted by Gasteiger charge is -2.28. The van der Waals surface area contributed by atoms with E-state index < -0.39 is 60.6 Å². The van der Waals surface area contributed by atoms with E-state index in [1.54, 1.807) is 37.3 Å². The number of carbonyl (C=O) groups is 1. The van der Waals surface area contributed by atoms with Crippen molar-refractivity contribution in [3.63, 3.8) is 0 Å². The molecule has 0 saturated carbocycles. The summed E-state index contributed by atoms with van der Waals surface area (Å²) in [6.07, 6.45) is -3.46. The van der Waals surface area contributed by atoms with E-state index in [9.17, 15) is 19.5 Å². The number of hydrogen-bond acceptors (Lipinski definition) is 9. The number of para-hydroxylation sites is 1. The van der Waals surface area contributed by atoms with Crippen molar-refractivity contribution in [3.05, 3.63) is 63.4 Å². The number of H-pyrrole nitrogens is 1. The number of nitrogens with zero attached hydrogens (tertiary/aromatic N) is 1. The van der Waals surface area contributed by atoms with E-state index in [0.717, 1.165) is 23.8 Å². The van der Waals surface area contributed by atoms with Crippen LogP contribution in [-0.4, -0.2) is 57.8 Å². The Hall–Kier alpha value is -2.41. The molecule has 0 bridgehead atoms. The predicted molar refractivity (Wildman–Crippen MR) is 141 cm³/mol. The van der Waals surface area contributed by atoms with E-state index in [0.29, 0.717) is 5.75 Å². The van der Waals surface area contributed by atoms with Crippen molar-refractivity contribution in [3.8, 4) is 5.75 Å². The first-order valence-electron chi connectivity index (χ1n) is 11.9. The molecule has 14 heteroatoms. The lowest BCUT2D eigenvalue weighted by atomic mass is 9.98. The van der Waals surface area contributed by atoms with E-state index in [1.165, 1.54) is 0 Å². The van der Waals surface area contributed by atoms with Gasteiger partial charge in [-0.2, -0.15) is 0 Å². The third-order valence-electron chi connectivity index (χ3n) is 5.55. The van der Waals surface area contributed by atoms with Gasteiger partial charge in [-0.25, -0.2) is 14.3 Å². The Labute approximate surface area is 224 Å². The Morgan fingerprint density at radius 3 is 2.58 bits per heavy atom. The highest BCUT2D eigenvalue weighted by atomic mass is 32.5. The number of halogens is 1. The van der Waals surface area contributed by atoms with E-state index in [2.05, 4.69) is 5.09 Å². The quantitative estimate of drug-likeness (QED) is 0.287. The molecule has 1 aromatic heterocycles. The summed E-state index contributed by atoms with van der Waals surface area (Å²) >= 11 is 5.65. The van der Waals surface area contributed by atoms with Crippen LogP contribution in [0.1, 0.15) is 40.8 Å². The van der Waals surface area contributed by atoms with Gasteiger partial charge in [0.05, 0.1) is 13.2 Å². The molecular weight excluding hydrogens is 540 g/mol. The minimum atomic E-state index is -3.49. The van der Waals surface area contributed by atoms with Crippen LogP contribution < -0.4 is 20.9 Å². The van der Waals surface area contributed by atoms with Crippen LogP contribution in [0.5, 0.6) is 5.75 Å². The van der Waals surface area contributed by atoms with Crippen LogP contribution in [0.15, 0.2) is 52.2 Å². The Balaban J connectivity index is 1.78. The summed E-state index contributed by atoms with van der Waals surface area (Å²) < 4.78 is 39.2. The molecule has 0 aliphatic carbocycles. The highest BCUT2D eigenvalue weighted by Crippen LogP contribution is 2.47. The zero-order valence-corrected chi connectivity index (χ0v) is 23.5. The summed E-state index contributed by atoms with van der Waals surface area (Å²) in [5.74, 6) is -0.208. The number of carbonyl (C=O) groups excluding carboxylic acids is 1. The summed E-state index contributed by atoms with van der Waals surface area (Å²) in [5.41, 5.74) is -4.23. The summed E-state index contributed by atoms with van der Waals surface area (Å²) in [6.45, 7) is 4.64. The topological polar surface area (TPSA) is 141 Å². The van der Waals surface area contributed by atoms with Crippen molar-refractivity contribution in [2.45, 2.75) is 64.8 Å². The zero-order chi connectivity index (χ0) is 28.3. The fourth-order valence-electron chi connectivity index (χ4n) is 3.55. The Morgan fingerprint density at radius 1 is 1.32 bits per heavy atom. The minimum absolute atomic E-state index is 0.184. The first kappa shape index (κ1) is 30.1. The highest BCUT2D eigenvalue weighted by Gasteiger charge is 2.55. The first-order valence-corrected chi connectivity index (χ1v) is 14.5. The number of aliphatic hydroxyl groups excluding tert-OH is 1. The van der Waals surface area contributed by atoms with Gasteiger partial charge < -0.3 is 23.6 Å². The first-order chi connectivity index (χ1) is 17.6. The maximum Gasteiger partial charge on any atom is 0.330 e. The van der Waals surface area contributed by atoms with Crippen LogP contribution in [0.3, 0.4) is 0 Å². The van der Waals surface area contributed by atoms with Gasteiger partial charge in [-0.05, 0) is 43.2 Å². The smallest absolute Gasteiger partial charge is 0.330 e. The van der Waals surface area contributed by atoms with Crippen molar-refractivity contribution >= 4 is 24.4 Å². The average molecular weight is 574 g/mol. The third-order valence-corrected chi connectivity index (χ3v) is 8.05. The number of hydrogen-bond donors (Lipinski definition) is 3. The van der Waals surface area contributed by atoms with Crippen LogP contribution in [0, 0.1) is 5.41 Å². The van der Waals surface area contributed by atoms with E-state index >= 15 is 4.39 Å². The van der Waals surface area contributed by atoms with Crippen molar-refractivity contribution in [1.82, 2.24) is 14.6 Å². The number of aromatic amines is 1. The fraction of sp³-hybridized carbons (Fsp3) is 0.542. The van der Waals surface area contributed by atoms with Gasteiger partial charge in [0.25, 0.3) is 5.56 Å². The molecule has 1 saturated heterocycles. The molecule has 2 heterocycles. The molecule has 2 aromatic rings. The summed E-state index contributed by atoms with van der Waals surface area (Å²) in [6, 6.07) is 8.64. The van der Waals surface area contributed by atoms with Crippen LogP contribution in [0.4, 0.5) is 4.39 Å². The molecule has 1 aliphatic heterocycles. The number of rotatable bonds is 10. The number of esters is 1. The molecule has 0 amide bonds. The van der Waals surface area contributed by atoms with Crippen molar-refractivity contribution < 1.29 is 32.8 Å².